The number of aromatic nitrogens is 1. The average molecular weight is 251 g/mol. The monoisotopic (exact) mass is 251 g/mol. The van der Waals surface area contributed by atoms with Gasteiger partial charge < -0.3 is 10.5 Å². The highest BCUT2D eigenvalue weighted by Crippen LogP contribution is 2.15. The van der Waals surface area contributed by atoms with E-state index in [0.29, 0.717) is 5.92 Å². The van der Waals surface area contributed by atoms with E-state index >= 15 is 0 Å². The predicted octanol–water partition coefficient (Wildman–Crippen LogP) is 1.82. The van der Waals surface area contributed by atoms with Crippen molar-refractivity contribution in [2.24, 2.45) is 11.7 Å². The molecule has 1 heterocycles. The van der Waals surface area contributed by atoms with Crippen LogP contribution in [0.5, 0.6) is 5.75 Å². The summed E-state index contributed by atoms with van der Waals surface area (Å²) in [6, 6.07) is 3.95. The summed E-state index contributed by atoms with van der Waals surface area (Å²) in [5.41, 5.74) is 7.72. The predicted molar refractivity (Wildman–Crippen MR) is 74.7 cm³/mol. The lowest BCUT2D eigenvalue weighted by molar-refractivity contribution is 0.240. The van der Waals surface area contributed by atoms with Gasteiger partial charge in [-0.25, -0.2) is 0 Å². The minimum Gasteiger partial charge on any atom is -0.497 e. The molecule has 0 spiro atoms. The quantitative estimate of drug-likeness (QED) is 0.803. The molecule has 1 aromatic rings. The molecule has 1 aromatic heterocycles. The van der Waals surface area contributed by atoms with E-state index < -0.39 is 0 Å². The molecule has 0 saturated carbocycles. The number of hydrogen-bond donors (Lipinski definition) is 1. The van der Waals surface area contributed by atoms with Crippen molar-refractivity contribution in [1.29, 1.82) is 0 Å². The lowest BCUT2D eigenvalue weighted by Gasteiger charge is -2.23. The van der Waals surface area contributed by atoms with Crippen molar-refractivity contribution in [1.82, 2.24) is 9.88 Å². The summed E-state index contributed by atoms with van der Waals surface area (Å²) in [5, 5.41) is 0. The number of pyridine rings is 1. The second-order valence-corrected chi connectivity index (χ2v) is 4.81. The highest BCUT2D eigenvalue weighted by Gasteiger charge is 2.10. The molecule has 0 aliphatic rings. The minimum atomic E-state index is 0.511. The summed E-state index contributed by atoms with van der Waals surface area (Å²) in [6.45, 7) is 9.90. The van der Waals surface area contributed by atoms with Crippen molar-refractivity contribution in [3.05, 3.63) is 23.5 Å². The number of nitrogens with two attached hydrogens (primary N) is 1. The minimum absolute atomic E-state index is 0.511. The van der Waals surface area contributed by atoms with Gasteiger partial charge in [-0.1, -0.05) is 13.8 Å². The zero-order chi connectivity index (χ0) is 13.5. The summed E-state index contributed by atoms with van der Waals surface area (Å²) in [5.74, 6) is 1.39. The molecule has 1 atom stereocenters. The number of rotatable bonds is 7. The molecule has 0 bridgehead atoms. The van der Waals surface area contributed by atoms with E-state index in [1.54, 1.807) is 7.11 Å². The molecule has 0 saturated heterocycles. The SMILES string of the molecule is CCN(Cc1cc(OC)cc(C)n1)CC(C)CN. The Hall–Kier alpha value is -1.13. The Balaban J connectivity index is 2.71. The van der Waals surface area contributed by atoms with Gasteiger partial charge in [-0.15, -0.1) is 0 Å². The van der Waals surface area contributed by atoms with E-state index in [9.17, 15) is 0 Å². The Morgan fingerprint density at radius 2 is 2.17 bits per heavy atom. The fourth-order valence-electron chi connectivity index (χ4n) is 1.95. The molecular weight excluding hydrogens is 226 g/mol. The standard InChI is InChI=1S/C14H25N3O/c1-5-17(9-11(2)8-15)10-13-7-14(18-4)6-12(3)16-13/h6-7,11H,5,8-10,15H2,1-4H3. The van der Waals surface area contributed by atoms with Gasteiger partial charge in [0, 0.05) is 30.9 Å². The first-order chi connectivity index (χ1) is 8.58. The second-order valence-electron chi connectivity index (χ2n) is 4.81. The van der Waals surface area contributed by atoms with Crippen LogP contribution in [0.1, 0.15) is 25.2 Å². The van der Waals surface area contributed by atoms with Crippen LogP contribution in [0.15, 0.2) is 12.1 Å². The molecule has 0 aliphatic heterocycles. The van der Waals surface area contributed by atoms with Gasteiger partial charge in [-0.2, -0.15) is 0 Å². The van der Waals surface area contributed by atoms with Crippen LogP contribution in [-0.4, -0.2) is 36.6 Å². The van der Waals surface area contributed by atoms with Crippen LogP contribution in [0, 0.1) is 12.8 Å². The summed E-state index contributed by atoms with van der Waals surface area (Å²) in [4.78, 5) is 6.91. The van der Waals surface area contributed by atoms with Crippen LogP contribution in [0.4, 0.5) is 0 Å². The maximum Gasteiger partial charge on any atom is 0.122 e. The molecule has 0 aromatic carbocycles. The third-order valence-electron chi connectivity index (χ3n) is 3.02. The smallest absolute Gasteiger partial charge is 0.122 e. The fourth-order valence-corrected chi connectivity index (χ4v) is 1.95. The third kappa shape index (κ3) is 4.63. The van der Waals surface area contributed by atoms with Crippen LogP contribution < -0.4 is 10.5 Å². The van der Waals surface area contributed by atoms with Gasteiger partial charge >= 0.3 is 0 Å². The van der Waals surface area contributed by atoms with Gasteiger partial charge in [0.05, 0.1) is 12.8 Å². The van der Waals surface area contributed by atoms with Gasteiger partial charge in [-0.3, -0.25) is 9.88 Å². The molecule has 4 nitrogen and oxygen atoms in total. The van der Waals surface area contributed by atoms with Gasteiger partial charge in [0.15, 0.2) is 0 Å². The van der Waals surface area contributed by atoms with Crippen LogP contribution in [0.3, 0.4) is 0 Å². The molecule has 1 unspecified atom stereocenters. The number of ether oxygens (including phenoxy) is 1. The average Bonchev–Trinajstić information content (AvgIpc) is 2.36. The van der Waals surface area contributed by atoms with E-state index in [1.165, 1.54) is 0 Å². The maximum absolute atomic E-state index is 5.68. The Morgan fingerprint density at radius 1 is 1.44 bits per heavy atom. The Bertz CT molecular complexity index is 368. The highest BCUT2D eigenvalue weighted by molar-refractivity contribution is 5.26. The topological polar surface area (TPSA) is 51.4 Å². The van der Waals surface area contributed by atoms with Crippen LogP contribution in [0.2, 0.25) is 0 Å². The molecule has 0 aliphatic carbocycles. The van der Waals surface area contributed by atoms with Crippen LogP contribution >= 0.6 is 0 Å². The largest absolute Gasteiger partial charge is 0.497 e. The van der Waals surface area contributed by atoms with E-state index in [2.05, 4.69) is 23.7 Å². The lowest BCUT2D eigenvalue weighted by Crippen LogP contribution is -2.31. The highest BCUT2D eigenvalue weighted by atomic mass is 16.5. The van der Waals surface area contributed by atoms with E-state index in [4.69, 9.17) is 10.5 Å². The summed E-state index contributed by atoms with van der Waals surface area (Å²) in [6.07, 6.45) is 0. The Morgan fingerprint density at radius 3 is 2.72 bits per heavy atom. The summed E-state index contributed by atoms with van der Waals surface area (Å²) < 4.78 is 5.27. The third-order valence-corrected chi connectivity index (χ3v) is 3.02. The second kappa shape index (κ2) is 7.34. The maximum atomic E-state index is 5.68. The van der Waals surface area contributed by atoms with E-state index in [1.807, 2.05) is 19.1 Å². The first-order valence-corrected chi connectivity index (χ1v) is 6.53. The zero-order valence-electron chi connectivity index (χ0n) is 11.9. The molecule has 2 N–H and O–H groups in total. The van der Waals surface area contributed by atoms with Crippen molar-refractivity contribution >= 4 is 0 Å². The molecule has 102 valence electrons. The summed E-state index contributed by atoms with van der Waals surface area (Å²) in [7, 11) is 1.69. The molecule has 0 radical (unpaired) electrons. The fraction of sp³-hybridized carbons (Fsp3) is 0.643. The number of methoxy groups -OCH3 is 1. The number of nitrogens with zero attached hydrogens (tertiary/aromatic N) is 2. The van der Waals surface area contributed by atoms with Crippen molar-refractivity contribution in [3.63, 3.8) is 0 Å². The summed E-state index contributed by atoms with van der Waals surface area (Å²) >= 11 is 0. The molecular formula is C14H25N3O. The number of aryl methyl sites for hydroxylation is 1. The van der Waals surface area contributed by atoms with Gasteiger partial charge in [0.1, 0.15) is 5.75 Å². The Labute approximate surface area is 110 Å². The normalized spacial score (nSPS) is 12.8. The van der Waals surface area contributed by atoms with E-state index in [0.717, 1.165) is 43.3 Å². The van der Waals surface area contributed by atoms with E-state index in [-0.39, 0.29) is 0 Å². The van der Waals surface area contributed by atoms with Crippen molar-refractivity contribution in [3.8, 4) is 5.75 Å². The lowest BCUT2D eigenvalue weighted by atomic mass is 10.1. The molecule has 1 rings (SSSR count). The molecule has 0 amide bonds. The number of hydrogen-bond acceptors (Lipinski definition) is 4. The van der Waals surface area contributed by atoms with Crippen LogP contribution in [-0.2, 0) is 6.54 Å². The van der Waals surface area contributed by atoms with Crippen LogP contribution in [0.25, 0.3) is 0 Å². The van der Waals surface area contributed by atoms with Gasteiger partial charge in [0.25, 0.3) is 0 Å². The van der Waals surface area contributed by atoms with Gasteiger partial charge in [0.2, 0.25) is 0 Å². The molecule has 18 heavy (non-hydrogen) atoms. The van der Waals surface area contributed by atoms with Gasteiger partial charge in [-0.05, 0) is 25.9 Å². The molecule has 4 heteroatoms. The van der Waals surface area contributed by atoms with Crippen molar-refractivity contribution < 1.29 is 4.74 Å². The first-order valence-electron chi connectivity index (χ1n) is 6.53. The van der Waals surface area contributed by atoms with Crippen molar-refractivity contribution in [2.45, 2.75) is 27.3 Å². The first kappa shape index (κ1) is 14.9. The zero-order valence-corrected chi connectivity index (χ0v) is 11.9. The molecule has 0 fully saturated rings. The van der Waals surface area contributed by atoms with Crippen molar-refractivity contribution in [2.75, 3.05) is 26.7 Å². The Kier molecular flexibility index (Phi) is 6.09.